The zero-order chi connectivity index (χ0) is 18.4. The summed E-state index contributed by atoms with van der Waals surface area (Å²) in [4.78, 5) is 26.1. The minimum atomic E-state index is -0.193. The monoisotopic (exact) mass is 359 g/mol. The van der Waals surface area contributed by atoms with Crippen molar-refractivity contribution in [1.29, 1.82) is 0 Å². The molecule has 1 aromatic carbocycles. The van der Waals surface area contributed by atoms with Gasteiger partial charge in [-0.3, -0.25) is 9.59 Å². The summed E-state index contributed by atoms with van der Waals surface area (Å²) >= 11 is 0. The molecule has 136 valence electrons. The highest BCUT2D eigenvalue weighted by molar-refractivity contribution is 6.08. The van der Waals surface area contributed by atoms with Crippen LogP contribution in [0, 0.1) is 42.4 Å². The summed E-state index contributed by atoms with van der Waals surface area (Å²) in [7, 11) is 2.02. The third-order valence-electron chi connectivity index (χ3n) is 7.39. The summed E-state index contributed by atoms with van der Waals surface area (Å²) in [5, 5.41) is 6.65. The van der Waals surface area contributed by atoms with Gasteiger partial charge in [-0.1, -0.05) is 30.4 Å². The Kier molecular flexibility index (Phi) is 2.83. The van der Waals surface area contributed by atoms with Gasteiger partial charge in [0.25, 0.3) is 11.8 Å². The standard InChI is InChI=1S/C22H21N3O2/c1-11-17(12-5-3-4-6-18(12)24(11)2)10-23-25-21(26)19-13-7-8-14(16-9-15(13)16)20(19)22(25)27/h3-8,10,13-16,19-20H,9H2,1-2H3/b23-10+. The Bertz CT molecular complexity index is 1040. The Morgan fingerprint density at radius 2 is 1.67 bits per heavy atom. The predicted octanol–water partition coefficient (Wildman–Crippen LogP) is 2.87. The van der Waals surface area contributed by atoms with Gasteiger partial charge >= 0.3 is 0 Å². The molecule has 0 N–H and O–H groups in total. The van der Waals surface area contributed by atoms with Crippen LogP contribution in [0.3, 0.4) is 0 Å². The van der Waals surface area contributed by atoms with Crippen molar-refractivity contribution >= 4 is 28.9 Å². The molecule has 3 fully saturated rings. The predicted molar refractivity (Wildman–Crippen MR) is 102 cm³/mol. The highest BCUT2D eigenvalue weighted by atomic mass is 16.2. The van der Waals surface area contributed by atoms with Crippen LogP contribution < -0.4 is 0 Å². The van der Waals surface area contributed by atoms with E-state index in [4.69, 9.17) is 0 Å². The van der Waals surface area contributed by atoms with Crippen molar-refractivity contribution in [3.05, 3.63) is 47.7 Å². The molecule has 27 heavy (non-hydrogen) atoms. The van der Waals surface area contributed by atoms with Crippen molar-refractivity contribution in [3.63, 3.8) is 0 Å². The van der Waals surface area contributed by atoms with E-state index in [1.54, 1.807) is 6.21 Å². The van der Waals surface area contributed by atoms with Crippen LogP contribution in [0.15, 0.2) is 41.5 Å². The highest BCUT2D eigenvalue weighted by Crippen LogP contribution is 2.65. The number of hydrazone groups is 1. The van der Waals surface area contributed by atoms with E-state index in [-0.39, 0.29) is 35.5 Å². The average molecular weight is 359 g/mol. The zero-order valence-electron chi connectivity index (χ0n) is 15.4. The Morgan fingerprint density at radius 1 is 1.04 bits per heavy atom. The number of aryl methyl sites for hydroxylation is 1. The van der Waals surface area contributed by atoms with Crippen molar-refractivity contribution in [2.24, 2.45) is 47.7 Å². The quantitative estimate of drug-likeness (QED) is 0.470. The molecule has 1 aliphatic heterocycles. The van der Waals surface area contributed by atoms with Crippen LogP contribution in [-0.2, 0) is 16.6 Å². The number of allylic oxidation sites excluding steroid dienone is 2. The molecule has 2 aromatic rings. The van der Waals surface area contributed by atoms with Gasteiger partial charge in [0.1, 0.15) is 0 Å². The first-order valence-corrected chi connectivity index (χ1v) is 9.72. The van der Waals surface area contributed by atoms with E-state index in [1.165, 1.54) is 6.42 Å². The number of carbonyl (C=O) groups excluding carboxylic acids is 2. The third-order valence-corrected chi connectivity index (χ3v) is 7.39. The van der Waals surface area contributed by atoms with Crippen molar-refractivity contribution in [3.8, 4) is 0 Å². The van der Waals surface area contributed by atoms with E-state index < -0.39 is 0 Å². The van der Waals surface area contributed by atoms with Gasteiger partial charge in [0, 0.05) is 29.2 Å². The topological polar surface area (TPSA) is 54.7 Å². The number of fused-ring (bicyclic) bond motifs is 1. The number of nitrogens with zero attached hydrogens (tertiary/aromatic N) is 3. The molecule has 4 aliphatic carbocycles. The first-order valence-electron chi connectivity index (χ1n) is 9.72. The smallest absolute Gasteiger partial charge is 0.254 e. The first-order chi connectivity index (χ1) is 13.1. The van der Waals surface area contributed by atoms with Gasteiger partial charge in [-0.05, 0) is 43.1 Å². The summed E-state index contributed by atoms with van der Waals surface area (Å²) in [6.07, 6.45) is 7.25. The van der Waals surface area contributed by atoms with Crippen molar-refractivity contribution < 1.29 is 9.59 Å². The summed E-state index contributed by atoms with van der Waals surface area (Å²) in [5.74, 6) is 1.10. The van der Waals surface area contributed by atoms with Gasteiger partial charge in [0.15, 0.2) is 0 Å². The van der Waals surface area contributed by atoms with Gasteiger partial charge in [0.2, 0.25) is 0 Å². The highest BCUT2D eigenvalue weighted by Gasteiger charge is 2.67. The lowest BCUT2D eigenvalue weighted by molar-refractivity contribution is -0.140. The molecule has 2 heterocycles. The summed E-state index contributed by atoms with van der Waals surface area (Å²) in [6.45, 7) is 2.03. The molecule has 1 aromatic heterocycles. The number of hydrogen-bond acceptors (Lipinski definition) is 3. The summed E-state index contributed by atoms with van der Waals surface area (Å²) in [6, 6.07) is 8.12. The molecule has 1 saturated heterocycles. The molecular formula is C22H21N3O2. The lowest BCUT2D eigenvalue weighted by Gasteiger charge is -2.37. The third kappa shape index (κ3) is 1.82. The molecule has 5 nitrogen and oxygen atoms in total. The molecule has 2 saturated carbocycles. The van der Waals surface area contributed by atoms with Crippen LogP contribution in [0.1, 0.15) is 17.7 Å². The maximum Gasteiger partial charge on any atom is 0.254 e. The Hall–Kier alpha value is -2.69. The van der Waals surface area contributed by atoms with Crippen LogP contribution >= 0.6 is 0 Å². The van der Waals surface area contributed by atoms with Gasteiger partial charge in [-0.15, -0.1) is 0 Å². The molecule has 5 heteroatoms. The van der Waals surface area contributed by atoms with Crippen molar-refractivity contribution in [2.45, 2.75) is 13.3 Å². The number of imide groups is 1. The zero-order valence-corrected chi connectivity index (χ0v) is 15.4. The molecule has 0 radical (unpaired) electrons. The minimum Gasteiger partial charge on any atom is -0.347 e. The van der Waals surface area contributed by atoms with Gasteiger partial charge < -0.3 is 4.57 Å². The lowest BCUT2D eigenvalue weighted by atomic mass is 9.63. The molecule has 6 atom stereocenters. The molecule has 2 bridgehead atoms. The lowest BCUT2D eigenvalue weighted by Crippen LogP contribution is -2.40. The fourth-order valence-corrected chi connectivity index (χ4v) is 5.88. The Labute approximate surface area is 157 Å². The summed E-state index contributed by atoms with van der Waals surface area (Å²) in [5.41, 5.74) is 3.15. The van der Waals surface area contributed by atoms with Crippen molar-refractivity contribution in [2.75, 3.05) is 0 Å². The molecule has 2 amide bonds. The van der Waals surface area contributed by atoms with E-state index in [0.29, 0.717) is 11.8 Å². The van der Waals surface area contributed by atoms with Crippen LogP contribution in [0.25, 0.3) is 10.9 Å². The second-order valence-electron chi connectivity index (χ2n) is 8.46. The largest absolute Gasteiger partial charge is 0.347 e. The van der Waals surface area contributed by atoms with E-state index in [0.717, 1.165) is 27.2 Å². The Morgan fingerprint density at radius 3 is 2.33 bits per heavy atom. The average Bonchev–Trinajstić information content (AvgIpc) is 3.43. The van der Waals surface area contributed by atoms with Crippen molar-refractivity contribution in [1.82, 2.24) is 9.58 Å². The van der Waals surface area contributed by atoms with Crippen LogP contribution in [0.5, 0.6) is 0 Å². The molecule has 7 rings (SSSR count). The fourth-order valence-electron chi connectivity index (χ4n) is 5.88. The minimum absolute atomic E-state index is 0.108. The number of aromatic nitrogens is 1. The number of hydrogen-bond donors (Lipinski definition) is 0. The van der Waals surface area contributed by atoms with Crippen LogP contribution in [0.4, 0.5) is 0 Å². The summed E-state index contributed by atoms with van der Waals surface area (Å²) < 4.78 is 2.11. The normalized spacial score (nSPS) is 36.1. The first kappa shape index (κ1) is 15.4. The van der Waals surface area contributed by atoms with Crippen LogP contribution in [-0.4, -0.2) is 27.6 Å². The number of benzene rings is 1. The SMILES string of the molecule is Cc1c(/C=N/N2C(=O)C3C4C=CC(C5CC45)C3C2=O)c2ccccc2n1C. The molecular weight excluding hydrogens is 338 g/mol. The van der Waals surface area contributed by atoms with E-state index in [9.17, 15) is 9.59 Å². The van der Waals surface area contributed by atoms with E-state index in [2.05, 4.69) is 34.0 Å². The molecule has 5 aliphatic rings. The maximum atomic E-state index is 13.0. The van der Waals surface area contributed by atoms with Gasteiger partial charge in [-0.25, -0.2) is 0 Å². The van der Waals surface area contributed by atoms with Crippen LogP contribution in [0.2, 0.25) is 0 Å². The second kappa shape index (κ2) is 4.97. The molecule has 6 unspecified atom stereocenters. The molecule has 0 spiro atoms. The fraction of sp³-hybridized carbons (Fsp3) is 0.409. The number of rotatable bonds is 2. The number of amides is 2. The number of para-hydroxylation sites is 1. The Balaban J connectivity index is 1.38. The van der Waals surface area contributed by atoms with E-state index >= 15 is 0 Å². The second-order valence-corrected chi connectivity index (χ2v) is 8.46. The number of carbonyl (C=O) groups is 2. The van der Waals surface area contributed by atoms with E-state index in [1.807, 2.05) is 26.1 Å². The maximum absolute atomic E-state index is 13.0. The van der Waals surface area contributed by atoms with Gasteiger partial charge in [0.05, 0.1) is 18.1 Å². The van der Waals surface area contributed by atoms with Gasteiger partial charge in [-0.2, -0.15) is 10.1 Å².